The van der Waals surface area contributed by atoms with Crippen molar-refractivity contribution in [3.8, 4) is 17.2 Å². The van der Waals surface area contributed by atoms with Gasteiger partial charge < -0.3 is 14.6 Å². The van der Waals surface area contributed by atoms with Gasteiger partial charge in [-0.25, -0.2) is 0 Å². The molecule has 1 amide bonds. The highest BCUT2D eigenvalue weighted by atomic mass is 16.5. The van der Waals surface area contributed by atoms with Gasteiger partial charge in [0.2, 0.25) is 5.82 Å². The SMILES string of the molecule is Cc1cccc(C(=O)Nc2ccccc2-c2nc(COc3ccccc3)no2)c1. The third-order valence-electron chi connectivity index (χ3n) is 4.27. The highest BCUT2D eigenvalue weighted by Crippen LogP contribution is 2.27. The first-order valence-electron chi connectivity index (χ1n) is 9.17. The Labute approximate surface area is 168 Å². The predicted molar refractivity (Wildman–Crippen MR) is 110 cm³/mol. The number of anilines is 1. The van der Waals surface area contributed by atoms with Crippen molar-refractivity contribution in [3.05, 3.63) is 95.8 Å². The van der Waals surface area contributed by atoms with E-state index in [0.29, 0.717) is 28.5 Å². The zero-order valence-corrected chi connectivity index (χ0v) is 15.8. The van der Waals surface area contributed by atoms with Crippen LogP contribution in [0.1, 0.15) is 21.7 Å². The Kier molecular flexibility index (Phi) is 5.33. The molecule has 29 heavy (non-hydrogen) atoms. The standard InChI is InChI=1S/C23H19N3O3/c1-16-8-7-9-17(14-16)22(27)24-20-13-6-5-12-19(20)23-25-21(26-29-23)15-28-18-10-3-2-4-11-18/h2-14H,15H2,1H3,(H,24,27). The molecule has 3 aromatic carbocycles. The molecule has 0 bridgehead atoms. The molecule has 4 aromatic rings. The lowest BCUT2D eigenvalue weighted by Crippen LogP contribution is -2.12. The number of nitrogens with one attached hydrogen (secondary N) is 1. The maximum atomic E-state index is 12.6. The Morgan fingerprint density at radius 3 is 2.62 bits per heavy atom. The van der Waals surface area contributed by atoms with Crippen LogP contribution in [0, 0.1) is 6.92 Å². The molecule has 1 aromatic heterocycles. The summed E-state index contributed by atoms with van der Waals surface area (Å²) >= 11 is 0. The number of aromatic nitrogens is 2. The van der Waals surface area contributed by atoms with Crippen LogP contribution >= 0.6 is 0 Å². The maximum Gasteiger partial charge on any atom is 0.260 e. The molecule has 144 valence electrons. The van der Waals surface area contributed by atoms with Gasteiger partial charge in [0.25, 0.3) is 11.8 Å². The van der Waals surface area contributed by atoms with E-state index >= 15 is 0 Å². The fourth-order valence-electron chi connectivity index (χ4n) is 2.85. The molecule has 0 saturated heterocycles. The lowest BCUT2D eigenvalue weighted by molar-refractivity contribution is 0.102. The van der Waals surface area contributed by atoms with E-state index < -0.39 is 0 Å². The smallest absolute Gasteiger partial charge is 0.260 e. The Morgan fingerprint density at radius 2 is 1.79 bits per heavy atom. The van der Waals surface area contributed by atoms with Gasteiger partial charge in [-0.2, -0.15) is 4.98 Å². The van der Waals surface area contributed by atoms with Crippen molar-refractivity contribution in [3.63, 3.8) is 0 Å². The van der Waals surface area contributed by atoms with E-state index in [-0.39, 0.29) is 12.5 Å². The Bertz CT molecular complexity index is 1120. The first kappa shape index (κ1) is 18.4. The van der Waals surface area contributed by atoms with E-state index in [1.54, 1.807) is 12.1 Å². The summed E-state index contributed by atoms with van der Waals surface area (Å²) in [5, 5.41) is 6.90. The Balaban J connectivity index is 1.51. The number of nitrogens with zero attached hydrogens (tertiary/aromatic N) is 2. The van der Waals surface area contributed by atoms with Crippen LogP contribution in [-0.4, -0.2) is 16.0 Å². The minimum absolute atomic E-state index is 0.186. The fourth-order valence-corrected chi connectivity index (χ4v) is 2.85. The monoisotopic (exact) mass is 385 g/mol. The lowest BCUT2D eigenvalue weighted by atomic mass is 10.1. The third kappa shape index (κ3) is 4.50. The normalized spacial score (nSPS) is 10.5. The molecule has 0 unspecified atom stereocenters. The molecule has 0 saturated carbocycles. The largest absolute Gasteiger partial charge is 0.485 e. The van der Waals surface area contributed by atoms with E-state index in [2.05, 4.69) is 15.5 Å². The summed E-state index contributed by atoms with van der Waals surface area (Å²) in [6, 6.07) is 24.1. The molecule has 0 atom stereocenters. The number of hydrogen-bond acceptors (Lipinski definition) is 5. The first-order valence-corrected chi connectivity index (χ1v) is 9.17. The summed E-state index contributed by atoms with van der Waals surface area (Å²) in [4.78, 5) is 17.0. The van der Waals surface area contributed by atoms with E-state index in [1.807, 2.05) is 73.7 Å². The number of aryl methyl sites for hydroxylation is 1. The molecule has 0 aliphatic heterocycles. The topological polar surface area (TPSA) is 77.2 Å². The highest BCUT2D eigenvalue weighted by Gasteiger charge is 2.15. The number of hydrogen-bond donors (Lipinski definition) is 1. The molecule has 0 aliphatic rings. The number of carbonyl (C=O) groups is 1. The third-order valence-corrected chi connectivity index (χ3v) is 4.27. The molecular formula is C23H19N3O3. The molecule has 0 fully saturated rings. The van der Waals surface area contributed by atoms with Crippen LogP contribution in [0.2, 0.25) is 0 Å². The summed E-state index contributed by atoms with van der Waals surface area (Å²) in [6.45, 7) is 2.13. The van der Waals surface area contributed by atoms with Crippen molar-refractivity contribution in [1.29, 1.82) is 0 Å². The van der Waals surface area contributed by atoms with Gasteiger partial charge in [-0.15, -0.1) is 0 Å². The zero-order valence-electron chi connectivity index (χ0n) is 15.8. The van der Waals surface area contributed by atoms with Gasteiger partial charge >= 0.3 is 0 Å². The minimum Gasteiger partial charge on any atom is -0.485 e. The number of para-hydroxylation sites is 2. The van der Waals surface area contributed by atoms with Gasteiger partial charge in [0.05, 0.1) is 11.3 Å². The van der Waals surface area contributed by atoms with Crippen LogP contribution in [0.4, 0.5) is 5.69 Å². The summed E-state index contributed by atoms with van der Waals surface area (Å²) < 4.78 is 11.0. The van der Waals surface area contributed by atoms with Crippen LogP contribution in [0.25, 0.3) is 11.5 Å². The molecule has 1 N–H and O–H groups in total. The second kappa shape index (κ2) is 8.39. The summed E-state index contributed by atoms with van der Waals surface area (Å²) in [5.41, 5.74) is 2.85. The van der Waals surface area contributed by atoms with Crippen LogP contribution in [-0.2, 0) is 6.61 Å². The van der Waals surface area contributed by atoms with Gasteiger partial charge in [-0.3, -0.25) is 4.79 Å². The van der Waals surface area contributed by atoms with Crippen molar-refractivity contribution < 1.29 is 14.1 Å². The second-order valence-corrected chi connectivity index (χ2v) is 6.49. The quantitative estimate of drug-likeness (QED) is 0.512. The van der Waals surface area contributed by atoms with Crippen LogP contribution < -0.4 is 10.1 Å². The van der Waals surface area contributed by atoms with Crippen LogP contribution in [0.15, 0.2) is 83.4 Å². The summed E-state index contributed by atoms with van der Waals surface area (Å²) in [6.07, 6.45) is 0. The number of benzene rings is 3. The van der Waals surface area contributed by atoms with Crippen molar-refractivity contribution in [2.45, 2.75) is 13.5 Å². The Hall–Kier alpha value is -3.93. The molecule has 0 spiro atoms. The predicted octanol–water partition coefficient (Wildman–Crippen LogP) is 4.88. The summed E-state index contributed by atoms with van der Waals surface area (Å²) in [5.74, 6) is 1.26. The van der Waals surface area contributed by atoms with Gasteiger partial charge in [-0.05, 0) is 43.3 Å². The number of ether oxygens (including phenoxy) is 1. The summed E-state index contributed by atoms with van der Waals surface area (Å²) in [7, 11) is 0. The molecule has 6 nitrogen and oxygen atoms in total. The van der Waals surface area contributed by atoms with E-state index in [1.165, 1.54) is 0 Å². The van der Waals surface area contributed by atoms with Crippen LogP contribution in [0.3, 0.4) is 0 Å². The van der Waals surface area contributed by atoms with Crippen molar-refractivity contribution in [2.75, 3.05) is 5.32 Å². The molecular weight excluding hydrogens is 366 g/mol. The average Bonchev–Trinajstić information content (AvgIpc) is 3.22. The lowest BCUT2D eigenvalue weighted by Gasteiger charge is -2.09. The Morgan fingerprint density at radius 1 is 1.00 bits per heavy atom. The van der Waals surface area contributed by atoms with Gasteiger partial charge in [0.15, 0.2) is 6.61 Å². The van der Waals surface area contributed by atoms with Gasteiger partial charge in [0.1, 0.15) is 5.75 Å². The van der Waals surface area contributed by atoms with E-state index in [9.17, 15) is 4.79 Å². The highest BCUT2D eigenvalue weighted by molar-refractivity contribution is 6.06. The van der Waals surface area contributed by atoms with E-state index in [0.717, 1.165) is 11.3 Å². The molecule has 4 rings (SSSR count). The maximum absolute atomic E-state index is 12.6. The number of rotatable bonds is 6. The van der Waals surface area contributed by atoms with Gasteiger partial charge in [0, 0.05) is 5.56 Å². The molecule has 0 radical (unpaired) electrons. The number of amides is 1. The molecule has 1 heterocycles. The average molecular weight is 385 g/mol. The van der Waals surface area contributed by atoms with Crippen molar-refractivity contribution in [2.24, 2.45) is 0 Å². The molecule has 6 heteroatoms. The first-order chi connectivity index (χ1) is 14.2. The molecule has 0 aliphatic carbocycles. The second-order valence-electron chi connectivity index (χ2n) is 6.49. The number of carbonyl (C=O) groups excluding carboxylic acids is 1. The van der Waals surface area contributed by atoms with Gasteiger partial charge in [-0.1, -0.05) is 53.2 Å². The fraction of sp³-hybridized carbons (Fsp3) is 0.0870. The van der Waals surface area contributed by atoms with Crippen molar-refractivity contribution in [1.82, 2.24) is 10.1 Å². The van der Waals surface area contributed by atoms with Crippen LogP contribution in [0.5, 0.6) is 5.75 Å². The van der Waals surface area contributed by atoms with E-state index in [4.69, 9.17) is 9.26 Å². The minimum atomic E-state index is -0.201. The van der Waals surface area contributed by atoms with Crippen molar-refractivity contribution >= 4 is 11.6 Å². The zero-order chi connectivity index (χ0) is 20.1.